The predicted molar refractivity (Wildman–Crippen MR) is 107 cm³/mol. The Morgan fingerprint density at radius 3 is 2.82 bits per heavy atom. The van der Waals surface area contributed by atoms with Crippen LogP contribution in [-0.2, 0) is 11.2 Å². The Morgan fingerprint density at radius 1 is 1.32 bits per heavy atom. The zero-order valence-corrected chi connectivity index (χ0v) is 16.3. The minimum atomic E-state index is -0.0141. The van der Waals surface area contributed by atoms with Crippen molar-refractivity contribution in [2.45, 2.75) is 45.6 Å². The molecule has 1 aliphatic rings. The summed E-state index contributed by atoms with van der Waals surface area (Å²) in [6, 6.07) is 9.90. The number of pyridine rings is 1. The number of carbonyl (C=O) groups excluding carboxylic acids is 1. The van der Waals surface area contributed by atoms with E-state index in [0.717, 1.165) is 53.5 Å². The van der Waals surface area contributed by atoms with Gasteiger partial charge in [-0.15, -0.1) is 0 Å². The van der Waals surface area contributed by atoms with Crippen molar-refractivity contribution in [2.24, 2.45) is 5.92 Å². The molecule has 1 N–H and O–H groups in total. The number of carbonyl (C=O) groups is 1. The first kappa shape index (κ1) is 18.5. The number of hydrogen-bond donors (Lipinski definition) is 1. The maximum absolute atomic E-state index is 11.1. The molecule has 1 amide bonds. The Kier molecular flexibility index (Phi) is 5.28. The molecule has 4 rings (SSSR count). The summed E-state index contributed by atoms with van der Waals surface area (Å²) in [4.78, 5) is 20.1. The quantitative estimate of drug-likeness (QED) is 0.637. The normalized spacial score (nSPS) is 14.8. The van der Waals surface area contributed by atoms with Crippen molar-refractivity contribution in [3.63, 3.8) is 0 Å². The molecule has 0 unspecified atom stereocenters. The lowest BCUT2D eigenvalue weighted by atomic mass is 10.1. The molecule has 146 valence electrons. The number of aryl methyl sites for hydroxylation is 1. The Balaban J connectivity index is 1.43. The third-order valence-corrected chi connectivity index (χ3v) is 4.90. The van der Waals surface area contributed by atoms with E-state index in [4.69, 9.17) is 9.15 Å². The highest BCUT2D eigenvalue weighted by Crippen LogP contribution is 2.30. The van der Waals surface area contributed by atoms with E-state index >= 15 is 0 Å². The van der Waals surface area contributed by atoms with E-state index < -0.39 is 0 Å². The molecule has 2 heterocycles. The first-order valence-electron chi connectivity index (χ1n) is 9.82. The number of rotatable bonds is 8. The van der Waals surface area contributed by atoms with Crippen LogP contribution in [0, 0.1) is 5.92 Å². The molecule has 1 fully saturated rings. The highest BCUT2D eigenvalue weighted by molar-refractivity contribution is 5.75. The van der Waals surface area contributed by atoms with Gasteiger partial charge >= 0.3 is 0 Å². The van der Waals surface area contributed by atoms with Crippen LogP contribution < -0.4 is 10.1 Å². The predicted octanol–water partition coefficient (Wildman–Crippen LogP) is 4.14. The zero-order chi connectivity index (χ0) is 19.5. The van der Waals surface area contributed by atoms with E-state index in [2.05, 4.69) is 15.3 Å². The van der Waals surface area contributed by atoms with Crippen LogP contribution >= 0.6 is 0 Å². The number of oxazole rings is 1. The van der Waals surface area contributed by atoms with Crippen molar-refractivity contribution in [1.82, 2.24) is 15.3 Å². The van der Waals surface area contributed by atoms with Gasteiger partial charge in [-0.3, -0.25) is 9.78 Å². The Morgan fingerprint density at radius 2 is 2.11 bits per heavy atom. The Labute approximate surface area is 164 Å². The van der Waals surface area contributed by atoms with Crippen molar-refractivity contribution in [1.29, 1.82) is 0 Å². The molecule has 0 saturated heterocycles. The molecule has 1 atom stereocenters. The summed E-state index contributed by atoms with van der Waals surface area (Å²) >= 11 is 0. The fraction of sp³-hybridized carbons (Fsp3) is 0.409. The van der Waals surface area contributed by atoms with Crippen LogP contribution in [0.25, 0.3) is 22.6 Å². The van der Waals surface area contributed by atoms with Gasteiger partial charge in [0.1, 0.15) is 11.3 Å². The van der Waals surface area contributed by atoms with E-state index in [1.165, 1.54) is 19.8 Å². The third kappa shape index (κ3) is 4.68. The molecular formula is C22H25N3O3. The maximum atomic E-state index is 11.1. The number of hydrogen-bond acceptors (Lipinski definition) is 5. The third-order valence-electron chi connectivity index (χ3n) is 4.90. The van der Waals surface area contributed by atoms with Gasteiger partial charge < -0.3 is 14.5 Å². The Hall–Kier alpha value is -2.89. The van der Waals surface area contributed by atoms with Gasteiger partial charge in [0.2, 0.25) is 11.8 Å². The number of nitrogens with one attached hydrogen (secondary N) is 1. The Bertz CT molecular complexity index is 961. The minimum Gasteiger partial charge on any atom is -0.493 e. The first-order chi connectivity index (χ1) is 13.6. The van der Waals surface area contributed by atoms with Crippen LogP contribution in [0.1, 0.15) is 38.8 Å². The molecule has 1 saturated carbocycles. The van der Waals surface area contributed by atoms with Gasteiger partial charge in [0, 0.05) is 30.3 Å². The van der Waals surface area contributed by atoms with Crippen molar-refractivity contribution in [2.75, 3.05) is 6.61 Å². The van der Waals surface area contributed by atoms with Crippen molar-refractivity contribution < 1.29 is 13.9 Å². The number of fused-ring (bicyclic) bond motifs is 1. The van der Waals surface area contributed by atoms with Gasteiger partial charge in [-0.1, -0.05) is 0 Å². The highest BCUT2D eigenvalue weighted by Gasteiger charge is 2.21. The number of nitrogens with zero attached hydrogens (tertiary/aromatic N) is 2. The molecule has 0 spiro atoms. The molecule has 6 nitrogen and oxygen atoms in total. The number of ether oxygens (including phenoxy) is 1. The van der Waals surface area contributed by atoms with Crippen LogP contribution in [0.5, 0.6) is 5.75 Å². The van der Waals surface area contributed by atoms with E-state index in [-0.39, 0.29) is 11.9 Å². The summed E-state index contributed by atoms with van der Waals surface area (Å²) in [5, 5.41) is 2.89. The van der Waals surface area contributed by atoms with E-state index in [0.29, 0.717) is 5.89 Å². The summed E-state index contributed by atoms with van der Waals surface area (Å²) in [5.74, 6) is 2.18. The van der Waals surface area contributed by atoms with Gasteiger partial charge in [-0.25, -0.2) is 4.98 Å². The standard InChI is InChI=1S/C22H25N3O3/c1-14(24-15(2)26)3-8-18-11-21-20(12-23-18)25-22(28-21)17-6-9-19(10-7-17)27-13-16-4-5-16/h6-7,9-12,14,16H,3-5,8,13H2,1-2H3,(H,24,26)/t14-/m0/s1. The lowest BCUT2D eigenvalue weighted by Gasteiger charge is -2.11. The smallest absolute Gasteiger partial charge is 0.227 e. The number of amides is 1. The van der Waals surface area contributed by atoms with Crippen molar-refractivity contribution in [3.8, 4) is 17.2 Å². The summed E-state index contributed by atoms with van der Waals surface area (Å²) in [6.07, 6.45) is 5.89. The molecule has 0 aliphatic heterocycles. The lowest BCUT2D eigenvalue weighted by Crippen LogP contribution is -2.30. The summed E-state index contributed by atoms with van der Waals surface area (Å²) < 4.78 is 11.7. The molecule has 0 radical (unpaired) electrons. The SMILES string of the molecule is CC(=O)N[C@@H](C)CCc1cc2oc(-c3ccc(OCC4CC4)cc3)nc2cn1. The molecule has 28 heavy (non-hydrogen) atoms. The number of aromatic nitrogens is 2. The largest absolute Gasteiger partial charge is 0.493 e. The fourth-order valence-electron chi connectivity index (χ4n) is 3.11. The summed E-state index contributed by atoms with van der Waals surface area (Å²) in [5.41, 5.74) is 3.30. The van der Waals surface area contributed by atoms with Crippen LogP contribution in [-0.4, -0.2) is 28.5 Å². The van der Waals surface area contributed by atoms with Crippen LogP contribution in [0.3, 0.4) is 0 Å². The van der Waals surface area contributed by atoms with Crippen LogP contribution in [0.2, 0.25) is 0 Å². The fourth-order valence-corrected chi connectivity index (χ4v) is 3.11. The minimum absolute atomic E-state index is 0.0141. The highest BCUT2D eigenvalue weighted by atomic mass is 16.5. The summed E-state index contributed by atoms with van der Waals surface area (Å²) in [7, 11) is 0. The molecule has 6 heteroatoms. The van der Waals surface area contributed by atoms with Crippen molar-refractivity contribution >= 4 is 17.0 Å². The lowest BCUT2D eigenvalue weighted by molar-refractivity contribution is -0.119. The van der Waals surface area contributed by atoms with E-state index in [1.54, 1.807) is 6.20 Å². The number of benzene rings is 1. The molecular weight excluding hydrogens is 354 g/mol. The zero-order valence-electron chi connectivity index (χ0n) is 16.3. The van der Waals surface area contributed by atoms with Crippen LogP contribution in [0.4, 0.5) is 0 Å². The monoisotopic (exact) mass is 379 g/mol. The topological polar surface area (TPSA) is 77.2 Å². The van der Waals surface area contributed by atoms with E-state index in [1.807, 2.05) is 37.3 Å². The van der Waals surface area contributed by atoms with E-state index in [9.17, 15) is 4.79 Å². The van der Waals surface area contributed by atoms with Gasteiger partial charge in [0.05, 0.1) is 12.8 Å². The summed E-state index contributed by atoms with van der Waals surface area (Å²) in [6.45, 7) is 4.32. The first-order valence-corrected chi connectivity index (χ1v) is 9.82. The second kappa shape index (κ2) is 8.00. The second-order valence-corrected chi connectivity index (χ2v) is 7.58. The molecule has 1 aliphatic carbocycles. The molecule has 1 aromatic carbocycles. The van der Waals surface area contributed by atoms with Gasteiger partial charge in [-0.05, 0) is 62.8 Å². The van der Waals surface area contributed by atoms with Gasteiger partial charge in [-0.2, -0.15) is 0 Å². The molecule has 3 aromatic rings. The van der Waals surface area contributed by atoms with Crippen LogP contribution in [0.15, 0.2) is 40.9 Å². The van der Waals surface area contributed by atoms with Gasteiger partial charge in [0.25, 0.3) is 0 Å². The van der Waals surface area contributed by atoms with Crippen molar-refractivity contribution in [3.05, 3.63) is 42.2 Å². The average Bonchev–Trinajstić information content (AvgIpc) is 3.41. The second-order valence-electron chi connectivity index (χ2n) is 7.58. The van der Waals surface area contributed by atoms with Gasteiger partial charge in [0.15, 0.2) is 5.58 Å². The average molecular weight is 379 g/mol. The molecule has 0 bridgehead atoms. The maximum Gasteiger partial charge on any atom is 0.227 e. The molecule has 2 aromatic heterocycles.